The lowest BCUT2D eigenvalue weighted by atomic mass is 9.76. The van der Waals surface area contributed by atoms with Gasteiger partial charge in [0.25, 0.3) is 0 Å². The van der Waals surface area contributed by atoms with Crippen molar-refractivity contribution in [3.8, 4) is 0 Å². The molecular weight excluding hydrogens is 1170 g/mol. The number of nitrogens with zero attached hydrogens (tertiary/aromatic N) is 9. The summed E-state index contributed by atoms with van der Waals surface area (Å²) in [6, 6.07) is 12.6. The van der Waals surface area contributed by atoms with Gasteiger partial charge in [0, 0.05) is 93.5 Å². The molecule has 0 amide bonds. The Morgan fingerprint density at radius 2 is 0.448 bits per heavy atom. The van der Waals surface area contributed by atoms with Crippen LogP contribution in [0.15, 0.2) is 92.3 Å². The molecule has 0 N–H and O–H groups in total. The molecule has 6 aromatic heterocycles. The van der Waals surface area contributed by atoms with Gasteiger partial charge in [-0.3, -0.25) is 24.9 Å². The van der Waals surface area contributed by atoms with E-state index in [1.807, 2.05) is 126 Å². The SMILES string of the molecule is CC.CC.CC.CC.CC.CC.CC(C)(C)c1cccnc1C(C)(C)C.CC(C)(C)c1cccnc1C(C)(C)C.CC(C)(C)c1ccncc1C(C)(C)C.CC(C)(C)c1ccnnc1C(C)(C)C.CC(C)(C)c1cncnc1C(C)(C)C.CC(C)(C)c1nccnc1C(C)(C)C. The van der Waals surface area contributed by atoms with Crippen molar-refractivity contribution in [2.75, 3.05) is 0 Å². The summed E-state index contributed by atoms with van der Waals surface area (Å²) in [7, 11) is 0. The van der Waals surface area contributed by atoms with Gasteiger partial charge in [-0.1, -0.05) is 344 Å². The van der Waals surface area contributed by atoms with Crippen molar-refractivity contribution in [2.24, 2.45) is 0 Å². The molecule has 552 valence electrons. The first-order chi connectivity index (χ1) is 43.4. The van der Waals surface area contributed by atoms with Crippen molar-refractivity contribution in [2.45, 2.75) is 397 Å². The van der Waals surface area contributed by atoms with Crippen LogP contribution in [0.5, 0.6) is 0 Å². The van der Waals surface area contributed by atoms with Gasteiger partial charge in [-0.05, 0) is 90.1 Å². The van der Waals surface area contributed by atoms with E-state index >= 15 is 0 Å². The van der Waals surface area contributed by atoms with Crippen LogP contribution in [0.2, 0.25) is 0 Å². The Balaban J connectivity index is -0.000000245. The second kappa shape index (κ2) is 44.0. The Labute approximate surface area is 599 Å². The Bertz CT molecular complexity index is 2210. The Kier molecular flexibility index (Phi) is 46.6. The fourth-order valence-electron chi connectivity index (χ4n) is 9.27. The van der Waals surface area contributed by atoms with Crippen LogP contribution in [0.25, 0.3) is 0 Å². The maximum absolute atomic E-state index is 4.52. The molecule has 9 nitrogen and oxygen atoms in total. The molecule has 96 heavy (non-hydrogen) atoms. The lowest BCUT2D eigenvalue weighted by molar-refractivity contribution is 0.498. The molecule has 0 aliphatic carbocycles. The van der Waals surface area contributed by atoms with Crippen LogP contribution in [-0.4, -0.2) is 45.1 Å². The van der Waals surface area contributed by atoms with Crippen molar-refractivity contribution in [3.05, 3.63) is 160 Å². The lowest BCUT2D eigenvalue weighted by Crippen LogP contribution is -2.24. The van der Waals surface area contributed by atoms with Crippen LogP contribution in [0.4, 0.5) is 0 Å². The molecule has 0 saturated carbocycles. The minimum absolute atomic E-state index is 0.0663. The molecule has 6 aromatic rings. The van der Waals surface area contributed by atoms with Gasteiger partial charge in [0.05, 0.1) is 22.8 Å². The van der Waals surface area contributed by atoms with Crippen molar-refractivity contribution in [1.82, 2.24) is 45.1 Å². The van der Waals surface area contributed by atoms with Crippen LogP contribution in [-0.2, 0) is 65.0 Å². The average molecular weight is 1330 g/mol. The summed E-state index contributed by atoms with van der Waals surface area (Å²) in [5.41, 5.74) is 16.4. The van der Waals surface area contributed by atoms with Gasteiger partial charge in [-0.25, -0.2) is 9.97 Å². The lowest BCUT2D eigenvalue weighted by Gasteiger charge is -2.29. The maximum atomic E-state index is 4.52. The van der Waals surface area contributed by atoms with Gasteiger partial charge in [0.1, 0.15) is 6.33 Å². The monoisotopic (exact) mass is 1330 g/mol. The summed E-state index contributed by atoms with van der Waals surface area (Å²) in [5.74, 6) is 0. The number of aromatic nitrogens is 9. The second-order valence-corrected chi connectivity index (χ2v) is 35.1. The van der Waals surface area contributed by atoms with E-state index in [1.54, 1.807) is 24.9 Å². The first-order valence-electron chi connectivity index (χ1n) is 36.7. The highest BCUT2D eigenvalue weighted by Crippen LogP contribution is 2.37. The molecular formula is C87H159N9. The molecule has 0 radical (unpaired) electrons. The van der Waals surface area contributed by atoms with Crippen molar-refractivity contribution in [1.29, 1.82) is 0 Å². The molecule has 0 fully saturated rings. The highest BCUT2D eigenvalue weighted by Gasteiger charge is 2.31. The van der Waals surface area contributed by atoms with E-state index in [0.29, 0.717) is 0 Å². The quantitative estimate of drug-likeness (QED) is 0.147. The van der Waals surface area contributed by atoms with E-state index in [9.17, 15) is 0 Å². The average Bonchev–Trinajstić information content (AvgIpc) is 0.870. The number of pyridine rings is 3. The minimum Gasteiger partial charge on any atom is -0.264 e. The van der Waals surface area contributed by atoms with Gasteiger partial charge in [-0.15, -0.1) is 0 Å². The number of rotatable bonds is 0. The van der Waals surface area contributed by atoms with Crippen LogP contribution in [0.1, 0.15) is 400 Å². The summed E-state index contributed by atoms with van der Waals surface area (Å²) < 4.78 is 0. The predicted octanol–water partition coefficient (Wildman–Crippen LogP) is 26.4. The summed E-state index contributed by atoms with van der Waals surface area (Å²) in [5, 5.41) is 8.24. The zero-order valence-corrected chi connectivity index (χ0v) is 72.7. The molecule has 0 saturated heterocycles. The Morgan fingerprint density at radius 3 is 0.688 bits per heavy atom. The van der Waals surface area contributed by atoms with Gasteiger partial charge < -0.3 is 0 Å². The molecule has 0 aliphatic rings. The van der Waals surface area contributed by atoms with Gasteiger partial charge in [0.2, 0.25) is 0 Å². The van der Waals surface area contributed by atoms with Crippen molar-refractivity contribution >= 4 is 0 Å². The van der Waals surface area contributed by atoms with Gasteiger partial charge in [-0.2, -0.15) is 10.2 Å². The summed E-state index contributed by atoms with van der Waals surface area (Å²) in [6.45, 7) is 103. The first-order valence-corrected chi connectivity index (χ1v) is 36.7. The zero-order valence-electron chi connectivity index (χ0n) is 72.7. The fourth-order valence-corrected chi connectivity index (χ4v) is 9.27. The highest BCUT2D eigenvalue weighted by atomic mass is 15.1. The third kappa shape index (κ3) is 38.7. The predicted molar refractivity (Wildman–Crippen MR) is 431 cm³/mol. The summed E-state index contributed by atoms with van der Waals surface area (Å²) >= 11 is 0. The van der Waals surface area contributed by atoms with E-state index in [1.165, 1.54) is 44.8 Å². The molecule has 6 heterocycles. The second-order valence-electron chi connectivity index (χ2n) is 35.1. The zero-order chi connectivity index (χ0) is 77.9. The summed E-state index contributed by atoms with van der Waals surface area (Å²) in [4.78, 5) is 30.7. The highest BCUT2D eigenvalue weighted by molar-refractivity contribution is 5.36. The third-order valence-electron chi connectivity index (χ3n) is 13.7. The molecule has 9 heteroatoms. The van der Waals surface area contributed by atoms with E-state index in [0.717, 1.165) is 22.8 Å². The molecule has 0 unspecified atom stereocenters. The van der Waals surface area contributed by atoms with Crippen molar-refractivity contribution in [3.63, 3.8) is 0 Å². The van der Waals surface area contributed by atoms with Gasteiger partial charge >= 0.3 is 0 Å². The first kappa shape index (κ1) is 102. The van der Waals surface area contributed by atoms with E-state index in [4.69, 9.17) is 0 Å². The maximum Gasteiger partial charge on any atom is 0.115 e. The minimum atomic E-state index is 0.0663. The van der Waals surface area contributed by atoms with E-state index in [2.05, 4.69) is 319 Å². The third-order valence-corrected chi connectivity index (χ3v) is 13.7. The van der Waals surface area contributed by atoms with E-state index < -0.39 is 0 Å². The Hall–Kier alpha value is -5.31. The largest absolute Gasteiger partial charge is 0.264 e. The molecule has 0 atom stereocenters. The Morgan fingerprint density at radius 1 is 0.198 bits per heavy atom. The normalized spacial score (nSPS) is 11.8. The van der Waals surface area contributed by atoms with Crippen LogP contribution in [0, 0.1) is 0 Å². The van der Waals surface area contributed by atoms with Crippen LogP contribution >= 0.6 is 0 Å². The van der Waals surface area contributed by atoms with Crippen LogP contribution in [0.3, 0.4) is 0 Å². The number of hydrogen-bond donors (Lipinski definition) is 0. The smallest absolute Gasteiger partial charge is 0.115 e. The molecule has 6 rings (SSSR count). The van der Waals surface area contributed by atoms with Gasteiger partial charge in [0.15, 0.2) is 0 Å². The molecule has 0 aromatic carbocycles. The molecule has 0 bridgehead atoms. The number of hydrogen-bond acceptors (Lipinski definition) is 9. The standard InChI is InChI=1S/3C13H21N.3C12H20N2.6C2H6/c1-12(2,3)10-7-8-14-9-11(10)13(4,5)6;2*1-12(2,3)10-8-7-9-14-11(10)13(4,5)6;1-11(2,3)9-7-13-8-14-10(9)12(4,5)6;1-11(2,3)9-10(12(4,5)6)14-8-7-13-9;1-11(2,3)9-7-8-13-14-10(9)12(4,5)6;6*1-2/h3*7-9H,1-6H3;3*7-8H,1-6H3;6*1-2H3. The fraction of sp³-hybridized carbons (Fsp3) is 0.690. The molecule has 0 spiro atoms. The van der Waals surface area contributed by atoms with Crippen LogP contribution < -0.4 is 0 Å². The van der Waals surface area contributed by atoms with E-state index in [-0.39, 0.29) is 65.0 Å². The summed E-state index contributed by atoms with van der Waals surface area (Å²) in [6.07, 6.45) is 16.5. The topological polar surface area (TPSA) is 116 Å². The van der Waals surface area contributed by atoms with Crippen molar-refractivity contribution < 1.29 is 0 Å². The molecule has 0 aliphatic heterocycles.